The van der Waals surface area contributed by atoms with E-state index in [-0.39, 0.29) is 11.3 Å². The molecule has 2 rings (SSSR count). The van der Waals surface area contributed by atoms with Gasteiger partial charge in [0.15, 0.2) is 0 Å². The van der Waals surface area contributed by atoms with Crippen LogP contribution in [0.25, 0.3) is 0 Å². The molecule has 0 radical (unpaired) electrons. The van der Waals surface area contributed by atoms with Crippen LogP contribution in [0.15, 0.2) is 30.4 Å². The molecule has 0 aromatic heterocycles. The number of hydrogen-bond donors (Lipinski definition) is 1. The van der Waals surface area contributed by atoms with Gasteiger partial charge in [-0.05, 0) is 18.2 Å². The number of aromatic carboxylic acids is 1. The Kier molecular flexibility index (Phi) is 2.47. The number of rotatable bonds is 2. The molecule has 1 N–H and O–H groups in total. The zero-order valence-electron chi connectivity index (χ0n) is 8.38. The molecule has 1 aromatic carbocycles. The van der Waals surface area contributed by atoms with Gasteiger partial charge in [-0.3, -0.25) is 9.59 Å². The van der Waals surface area contributed by atoms with Crippen LogP contribution in [0, 0.1) is 5.82 Å². The zero-order valence-corrected chi connectivity index (χ0v) is 8.38. The largest absolute Gasteiger partial charge is 0.478 e. The Labute approximate surface area is 94.8 Å². The molecule has 5 nitrogen and oxygen atoms in total. The molecule has 1 aliphatic rings. The Morgan fingerprint density at radius 2 is 1.76 bits per heavy atom. The maximum absolute atomic E-state index is 13.6. The minimum atomic E-state index is -1.28. The van der Waals surface area contributed by atoms with Gasteiger partial charge in [0.1, 0.15) is 5.82 Å². The molecule has 1 aliphatic heterocycles. The van der Waals surface area contributed by atoms with Gasteiger partial charge in [0.2, 0.25) is 0 Å². The molecule has 0 aliphatic carbocycles. The number of benzene rings is 1. The second-order valence-electron chi connectivity index (χ2n) is 3.32. The van der Waals surface area contributed by atoms with Gasteiger partial charge in [0.05, 0.1) is 11.3 Å². The normalized spacial score (nSPS) is 14.5. The van der Waals surface area contributed by atoms with Crippen LogP contribution < -0.4 is 4.90 Å². The van der Waals surface area contributed by atoms with Gasteiger partial charge >= 0.3 is 5.97 Å². The van der Waals surface area contributed by atoms with E-state index in [4.69, 9.17) is 5.11 Å². The molecule has 2 amide bonds. The van der Waals surface area contributed by atoms with Crippen LogP contribution in [0.2, 0.25) is 0 Å². The van der Waals surface area contributed by atoms with Crippen molar-refractivity contribution in [3.05, 3.63) is 41.7 Å². The van der Waals surface area contributed by atoms with Gasteiger partial charge in [-0.25, -0.2) is 14.1 Å². The maximum Gasteiger partial charge on any atom is 0.335 e. The predicted molar refractivity (Wildman–Crippen MR) is 55.0 cm³/mol. The molecule has 6 heteroatoms. The lowest BCUT2D eigenvalue weighted by molar-refractivity contribution is -0.120. The fourth-order valence-electron chi connectivity index (χ4n) is 1.46. The van der Waals surface area contributed by atoms with E-state index >= 15 is 0 Å². The molecule has 0 saturated heterocycles. The van der Waals surface area contributed by atoms with Gasteiger partial charge < -0.3 is 5.11 Å². The Morgan fingerprint density at radius 3 is 2.24 bits per heavy atom. The Hall–Kier alpha value is -2.50. The van der Waals surface area contributed by atoms with Gasteiger partial charge in [0.25, 0.3) is 11.8 Å². The number of carboxylic acids is 1. The van der Waals surface area contributed by atoms with E-state index in [0.29, 0.717) is 4.90 Å². The summed E-state index contributed by atoms with van der Waals surface area (Å²) in [7, 11) is 0. The number of amides is 2. The van der Waals surface area contributed by atoms with Crippen molar-refractivity contribution in [3.8, 4) is 0 Å². The van der Waals surface area contributed by atoms with Crippen LogP contribution >= 0.6 is 0 Å². The molecule has 1 aromatic rings. The fraction of sp³-hybridized carbons (Fsp3) is 0. The Morgan fingerprint density at radius 1 is 1.18 bits per heavy atom. The summed E-state index contributed by atoms with van der Waals surface area (Å²) in [5.41, 5.74) is -0.506. The summed E-state index contributed by atoms with van der Waals surface area (Å²) in [5.74, 6) is -3.53. The molecule has 0 bridgehead atoms. The lowest BCUT2D eigenvalue weighted by atomic mass is 10.2. The van der Waals surface area contributed by atoms with Crippen molar-refractivity contribution < 1.29 is 23.9 Å². The van der Waals surface area contributed by atoms with Gasteiger partial charge in [0, 0.05) is 12.2 Å². The van der Waals surface area contributed by atoms with Crippen LogP contribution in [0.4, 0.5) is 10.1 Å². The smallest absolute Gasteiger partial charge is 0.335 e. The van der Waals surface area contributed by atoms with Crippen molar-refractivity contribution in [2.75, 3.05) is 4.90 Å². The minimum Gasteiger partial charge on any atom is -0.478 e. The second kappa shape index (κ2) is 3.82. The van der Waals surface area contributed by atoms with E-state index in [2.05, 4.69) is 0 Å². The lowest BCUT2D eigenvalue weighted by Crippen LogP contribution is -2.30. The number of hydrogen-bond acceptors (Lipinski definition) is 3. The first kappa shape index (κ1) is 11.0. The highest BCUT2D eigenvalue weighted by molar-refractivity contribution is 6.28. The third kappa shape index (κ3) is 1.80. The third-order valence-corrected chi connectivity index (χ3v) is 2.24. The van der Waals surface area contributed by atoms with E-state index in [0.717, 1.165) is 30.4 Å². The topological polar surface area (TPSA) is 74.7 Å². The minimum absolute atomic E-state index is 0.252. The average molecular weight is 235 g/mol. The number of carboxylic acid groups (broad SMARTS) is 1. The Bertz CT molecular complexity index is 547. The average Bonchev–Trinajstić information content (AvgIpc) is 2.59. The van der Waals surface area contributed by atoms with Crippen molar-refractivity contribution in [2.45, 2.75) is 0 Å². The highest BCUT2D eigenvalue weighted by atomic mass is 19.1. The molecular weight excluding hydrogens is 229 g/mol. The predicted octanol–water partition coefficient (Wildman–Crippen LogP) is 0.953. The van der Waals surface area contributed by atoms with E-state index < -0.39 is 23.6 Å². The first-order valence-electron chi connectivity index (χ1n) is 4.59. The molecule has 1 heterocycles. The number of anilines is 1. The van der Waals surface area contributed by atoms with Crippen molar-refractivity contribution in [1.29, 1.82) is 0 Å². The van der Waals surface area contributed by atoms with Crippen LogP contribution in [0.5, 0.6) is 0 Å². The molecule has 17 heavy (non-hydrogen) atoms. The van der Waals surface area contributed by atoms with Crippen molar-refractivity contribution >= 4 is 23.5 Å². The van der Waals surface area contributed by atoms with E-state index in [1.807, 2.05) is 0 Å². The van der Waals surface area contributed by atoms with Gasteiger partial charge in [-0.15, -0.1) is 0 Å². The highest BCUT2D eigenvalue weighted by Crippen LogP contribution is 2.23. The van der Waals surface area contributed by atoms with E-state index in [1.54, 1.807) is 0 Å². The number of carbonyl (C=O) groups is 3. The van der Waals surface area contributed by atoms with Crippen LogP contribution in [0.3, 0.4) is 0 Å². The molecule has 0 fully saturated rings. The standard InChI is InChI=1S/C11H6FNO4/c12-7-5-6(11(16)17)1-2-8(7)13-9(14)3-4-10(13)15/h1-5H,(H,16,17). The molecule has 0 spiro atoms. The fourth-order valence-corrected chi connectivity index (χ4v) is 1.46. The Balaban J connectivity index is 2.44. The second-order valence-corrected chi connectivity index (χ2v) is 3.32. The summed E-state index contributed by atoms with van der Waals surface area (Å²) in [4.78, 5) is 33.8. The first-order chi connectivity index (χ1) is 8.00. The van der Waals surface area contributed by atoms with Crippen molar-refractivity contribution in [2.24, 2.45) is 0 Å². The van der Waals surface area contributed by atoms with Crippen LogP contribution in [0.1, 0.15) is 10.4 Å². The molecule has 0 saturated carbocycles. The first-order valence-corrected chi connectivity index (χ1v) is 4.59. The molecule has 0 unspecified atom stereocenters. The maximum atomic E-state index is 13.6. The third-order valence-electron chi connectivity index (χ3n) is 2.24. The van der Waals surface area contributed by atoms with Crippen molar-refractivity contribution in [3.63, 3.8) is 0 Å². The van der Waals surface area contributed by atoms with E-state index in [9.17, 15) is 18.8 Å². The monoisotopic (exact) mass is 235 g/mol. The molecule has 86 valence electrons. The van der Waals surface area contributed by atoms with Crippen molar-refractivity contribution in [1.82, 2.24) is 0 Å². The lowest BCUT2D eigenvalue weighted by Gasteiger charge is -2.14. The number of carbonyl (C=O) groups excluding carboxylic acids is 2. The summed E-state index contributed by atoms with van der Waals surface area (Å²) in [5, 5.41) is 8.64. The molecule has 0 atom stereocenters. The van der Waals surface area contributed by atoms with Crippen LogP contribution in [-0.4, -0.2) is 22.9 Å². The quantitative estimate of drug-likeness (QED) is 0.774. The summed E-state index contributed by atoms with van der Waals surface area (Å²) in [6, 6.07) is 2.97. The number of imide groups is 1. The van der Waals surface area contributed by atoms with Gasteiger partial charge in [-0.2, -0.15) is 0 Å². The summed E-state index contributed by atoms with van der Waals surface area (Å²) in [6.07, 6.45) is 2.04. The number of halogens is 1. The van der Waals surface area contributed by atoms with Crippen LogP contribution in [-0.2, 0) is 9.59 Å². The summed E-state index contributed by atoms with van der Waals surface area (Å²) >= 11 is 0. The number of nitrogens with zero attached hydrogens (tertiary/aromatic N) is 1. The van der Waals surface area contributed by atoms with E-state index in [1.165, 1.54) is 0 Å². The summed E-state index contributed by atoms with van der Waals surface area (Å²) in [6.45, 7) is 0. The SMILES string of the molecule is O=C(O)c1ccc(N2C(=O)C=CC2=O)c(F)c1. The zero-order chi connectivity index (χ0) is 12.6. The highest BCUT2D eigenvalue weighted by Gasteiger charge is 2.27. The van der Waals surface area contributed by atoms with Gasteiger partial charge in [-0.1, -0.05) is 0 Å². The summed E-state index contributed by atoms with van der Waals surface area (Å²) < 4.78 is 13.6. The molecular formula is C11H6FNO4.